The summed E-state index contributed by atoms with van der Waals surface area (Å²) in [6.45, 7) is 10.8. The van der Waals surface area contributed by atoms with Gasteiger partial charge in [-0.25, -0.2) is 0 Å². The van der Waals surface area contributed by atoms with E-state index in [4.69, 9.17) is 6.72 Å². The van der Waals surface area contributed by atoms with Crippen molar-refractivity contribution < 1.29 is 46.4 Å². The van der Waals surface area contributed by atoms with E-state index in [9.17, 15) is 26.3 Å². The predicted octanol–water partition coefficient (Wildman–Crippen LogP) is 5.68. The van der Waals surface area contributed by atoms with Crippen LogP contribution in [-0.2, 0) is 32.5 Å². The predicted molar refractivity (Wildman–Crippen MR) is 88.2 cm³/mol. The van der Waals surface area contributed by atoms with E-state index in [1.807, 2.05) is 26.8 Å². The quantitative estimate of drug-likeness (QED) is 0.248. The number of pyridine rings is 1. The van der Waals surface area contributed by atoms with Crippen molar-refractivity contribution in [3.8, 4) is 11.3 Å². The molecular weight excluding hydrogens is 550 g/mol. The van der Waals surface area contributed by atoms with Gasteiger partial charge in [0.1, 0.15) is 0 Å². The molecule has 0 amide bonds. The van der Waals surface area contributed by atoms with Gasteiger partial charge in [0.15, 0.2) is 0 Å². The topological polar surface area (TPSA) is 25.2 Å². The first-order chi connectivity index (χ1) is 11.7. The minimum absolute atomic E-state index is 0. The van der Waals surface area contributed by atoms with Gasteiger partial charge >= 0.3 is 32.5 Å². The number of hydrogen-bond acceptors (Lipinski definition) is 2. The van der Waals surface area contributed by atoms with Crippen LogP contribution in [0.25, 0.3) is 11.3 Å². The van der Waals surface area contributed by atoms with Crippen molar-refractivity contribution in [2.45, 2.75) is 38.7 Å². The average molecular weight is 568 g/mol. The second-order valence-electron chi connectivity index (χ2n) is 6.21. The van der Waals surface area contributed by atoms with Crippen LogP contribution in [0.1, 0.15) is 31.9 Å². The summed E-state index contributed by atoms with van der Waals surface area (Å²) in [7, 11) is 0. The Balaban J connectivity index is 0.000000842. The van der Waals surface area contributed by atoms with Crippen molar-refractivity contribution in [2.75, 3.05) is 0 Å². The molecule has 0 aliphatic rings. The van der Waals surface area contributed by atoms with Crippen molar-refractivity contribution in [1.29, 1.82) is 0 Å². The number of aliphatic imine (C=N–C) groups is 1. The van der Waals surface area contributed by atoms with Gasteiger partial charge in [-0.3, -0.25) is 0 Å². The number of rotatable bonds is 1. The van der Waals surface area contributed by atoms with Crippen LogP contribution in [0.5, 0.6) is 0 Å². The molecule has 0 fully saturated rings. The van der Waals surface area contributed by atoms with Crippen LogP contribution in [0, 0.1) is 6.07 Å². The molecule has 27 heavy (non-hydrogen) atoms. The molecule has 2 rings (SSSR count). The molecule has 0 spiro atoms. The molecule has 0 aliphatic heterocycles. The van der Waals surface area contributed by atoms with Crippen LogP contribution in [0.15, 0.2) is 41.5 Å². The summed E-state index contributed by atoms with van der Waals surface area (Å²) in [4.78, 5) is 7.25. The normalized spacial score (nSPS) is 11.7. The number of aromatic nitrogens is 1. The standard InChI is InChI=1S/C13H6F6N.C5H10N.Ir.H/c14-12(15,16)9-5-8(11-3-1-2-4-20-11)6-10(7-9)13(17,18)19;1-5(2,3)6-4;;/h1-5,7H;4H,1-3H3;;/q2*-1;+2;. The summed E-state index contributed by atoms with van der Waals surface area (Å²) in [6.07, 6.45) is -8.51. The van der Waals surface area contributed by atoms with E-state index >= 15 is 0 Å². The van der Waals surface area contributed by atoms with Crippen LogP contribution < -0.4 is 0 Å². The fraction of sp³-hybridized carbons (Fsp3) is 0.333. The zero-order chi connectivity index (χ0) is 20.2. The van der Waals surface area contributed by atoms with Gasteiger partial charge in [0, 0.05) is 11.7 Å². The Labute approximate surface area is 167 Å². The monoisotopic (exact) mass is 568 g/mol. The maximum atomic E-state index is 12.7. The second-order valence-corrected chi connectivity index (χ2v) is 6.21. The molecule has 0 bridgehead atoms. The van der Waals surface area contributed by atoms with Crippen LogP contribution in [0.3, 0.4) is 0 Å². The zero-order valence-corrected chi connectivity index (χ0v) is 17.1. The third-order valence-electron chi connectivity index (χ3n) is 2.83. The van der Waals surface area contributed by atoms with E-state index in [1.54, 1.807) is 0 Å². The Bertz CT molecular complexity index is 702. The number of nitrogens with zero attached hydrogens (tertiary/aromatic N) is 2. The summed E-state index contributed by atoms with van der Waals surface area (Å²) in [5, 5.41) is 0. The fourth-order valence-electron chi connectivity index (χ4n) is 1.55. The summed E-state index contributed by atoms with van der Waals surface area (Å²) >= 11 is 0. The first-order valence-corrected chi connectivity index (χ1v) is 7.29. The summed E-state index contributed by atoms with van der Waals surface area (Å²) in [5.41, 5.74) is -3.28. The van der Waals surface area contributed by atoms with Gasteiger partial charge in [0.2, 0.25) is 0 Å². The zero-order valence-electron chi connectivity index (χ0n) is 14.6. The Kier molecular flexibility index (Phi) is 8.85. The van der Waals surface area contributed by atoms with Crippen LogP contribution in [0.2, 0.25) is 0 Å². The number of alkyl halides is 6. The van der Waals surface area contributed by atoms with E-state index < -0.39 is 23.5 Å². The molecule has 0 aliphatic carbocycles. The van der Waals surface area contributed by atoms with Gasteiger partial charge < -0.3 is 16.7 Å². The molecule has 2 aromatic rings. The third-order valence-corrected chi connectivity index (χ3v) is 2.83. The molecule has 1 radical (unpaired) electrons. The van der Waals surface area contributed by atoms with Crippen LogP contribution in [0.4, 0.5) is 26.3 Å². The Morgan fingerprint density at radius 1 is 0.963 bits per heavy atom. The minimum atomic E-state index is -4.91. The maximum absolute atomic E-state index is 12.7. The SMILES string of the molecule is FC(F)(F)c1[c-]c(-c2ccccn2)cc(C(F)(F)F)c1.[CH-]=NC(C)(C)C.[IrH+2]. The molecule has 1 aromatic carbocycles. The molecule has 9 heteroatoms. The Hall–Kier alpha value is -1.73. The van der Waals surface area contributed by atoms with Gasteiger partial charge in [0.05, 0.1) is 0 Å². The number of halogens is 6. The van der Waals surface area contributed by atoms with E-state index in [0.29, 0.717) is 6.07 Å². The van der Waals surface area contributed by atoms with Gasteiger partial charge in [-0.1, -0.05) is 12.1 Å². The van der Waals surface area contributed by atoms with Crippen molar-refractivity contribution >= 4 is 6.72 Å². The van der Waals surface area contributed by atoms with E-state index in [2.05, 4.69) is 9.98 Å². The van der Waals surface area contributed by atoms with E-state index in [-0.39, 0.29) is 43.0 Å². The number of hydrogen-bond donors (Lipinski definition) is 0. The van der Waals surface area contributed by atoms with Gasteiger partial charge in [0.25, 0.3) is 0 Å². The molecule has 0 saturated heterocycles. The van der Waals surface area contributed by atoms with Gasteiger partial charge in [-0.2, -0.15) is 26.3 Å². The van der Waals surface area contributed by atoms with E-state index in [0.717, 1.165) is 0 Å². The molecule has 0 unspecified atom stereocenters. The van der Waals surface area contributed by atoms with Crippen LogP contribution in [-0.4, -0.2) is 17.2 Å². The van der Waals surface area contributed by atoms with Crippen molar-refractivity contribution in [1.82, 2.24) is 4.98 Å². The molecule has 0 saturated carbocycles. The summed E-state index contributed by atoms with van der Waals surface area (Å²) in [6, 6.07) is 6.83. The first-order valence-electron chi connectivity index (χ1n) is 7.29. The number of benzene rings is 1. The van der Waals surface area contributed by atoms with Gasteiger partial charge in [-0.05, 0) is 43.7 Å². The second kappa shape index (κ2) is 9.46. The van der Waals surface area contributed by atoms with Crippen molar-refractivity contribution in [2.24, 2.45) is 4.99 Å². The van der Waals surface area contributed by atoms with Gasteiger partial charge in [-0.15, -0.1) is 23.8 Å². The molecule has 150 valence electrons. The fourth-order valence-corrected chi connectivity index (χ4v) is 1.55. The average Bonchev–Trinajstić information content (AvgIpc) is 2.53. The molecule has 0 N–H and O–H groups in total. The summed E-state index contributed by atoms with van der Waals surface area (Å²) < 4.78 is 75.8. The molecule has 1 aromatic heterocycles. The van der Waals surface area contributed by atoms with E-state index in [1.165, 1.54) is 24.4 Å². The Morgan fingerprint density at radius 3 is 1.89 bits per heavy atom. The molecule has 0 atom stereocenters. The molecule has 2 nitrogen and oxygen atoms in total. The first kappa shape index (κ1) is 25.3. The molecule has 1 heterocycles. The molecular formula is C18H17F6IrN2. The van der Waals surface area contributed by atoms with Crippen LogP contribution >= 0.6 is 0 Å². The summed E-state index contributed by atoms with van der Waals surface area (Å²) in [5.74, 6) is 0. The third kappa shape index (κ3) is 8.67. The van der Waals surface area contributed by atoms with Crippen molar-refractivity contribution in [3.05, 3.63) is 53.7 Å². The Morgan fingerprint density at radius 2 is 1.52 bits per heavy atom. The van der Waals surface area contributed by atoms with Crippen molar-refractivity contribution in [3.63, 3.8) is 0 Å².